The van der Waals surface area contributed by atoms with Crippen LogP contribution in [0.25, 0.3) is 0 Å². The third-order valence-electron chi connectivity index (χ3n) is 2.71. The van der Waals surface area contributed by atoms with Crippen LogP contribution < -0.4 is 11.1 Å². The van der Waals surface area contributed by atoms with Gasteiger partial charge in [0.2, 0.25) is 5.91 Å². The number of amides is 1. The highest BCUT2D eigenvalue weighted by atomic mass is 35.5. The summed E-state index contributed by atoms with van der Waals surface area (Å²) in [5.74, 6) is -1.34. The number of carboxylic acids is 1. The Kier molecular flexibility index (Phi) is 6.78. The van der Waals surface area contributed by atoms with Gasteiger partial charge in [-0.3, -0.25) is 9.59 Å². The highest BCUT2D eigenvalue weighted by Gasteiger charge is 2.14. The Morgan fingerprint density at radius 3 is 2.65 bits per heavy atom. The molecular weight excluding hydrogens is 303 g/mol. The summed E-state index contributed by atoms with van der Waals surface area (Å²) in [6.45, 7) is 0.376. The van der Waals surface area contributed by atoms with Gasteiger partial charge in [-0.05, 0) is 30.5 Å². The van der Waals surface area contributed by atoms with E-state index in [0.717, 1.165) is 5.56 Å². The molecule has 0 aliphatic rings. The van der Waals surface area contributed by atoms with Crippen LogP contribution in [-0.4, -0.2) is 29.6 Å². The van der Waals surface area contributed by atoms with Crippen molar-refractivity contribution in [3.8, 4) is 0 Å². The largest absolute Gasteiger partial charge is 0.481 e. The monoisotopic (exact) mass is 318 g/mol. The van der Waals surface area contributed by atoms with Crippen molar-refractivity contribution in [3.63, 3.8) is 0 Å². The number of hydrogen-bond acceptors (Lipinski definition) is 3. The van der Waals surface area contributed by atoms with Gasteiger partial charge in [0.25, 0.3) is 0 Å². The minimum Gasteiger partial charge on any atom is -0.481 e. The van der Waals surface area contributed by atoms with Crippen molar-refractivity contribution in [2.24, 2.45) is 5.73 Å². The Balaban J connectivity index is 2.36. The first-order valence-electron chi connectivity index (χ1n) is 6.09. The molecule has 0 spiro atoms. The van der Waals surface area contributed by atoms with Crippen molar-refractivity contribution < 1.29 is 14.7 Å². The number of aliphatic carboxylic acids is 1. The van der Waals surface area contributed by atoms with Gasteiger partial charge >= 0.3 is 5.97 Å². The molecule has 110 valence electrons. The summed E-state index contributed by atoms with van der Waals surface area (Å²) < 4.78 is 0. The van der Waals surface area contributed by atoms with Gasteiger partial charge in [-0.15, -0.1) is 0 Å². The van der Waals surface area contributed by atoms with Crippen LogP contribution in [-0.2, 0) is 16.0 Å². The number of nitrogens with two attached hydrogens (primary N) is 1. The van der Waals surface area contributed by atoms with E-state index in [1.54, 1.807) is 18.2 Å². The molecule has 5 nitrogen and oxygen atoms in total. The molecule has 1 rings (SSSR count). The lowest BCUT2D eigenvalue weighted by Crippen LogP contribution is -2.41. The van der Waals surface area contributed by atoms with E-state index in [2.05, 4.69) is 5.32 Å². The van der Waals surface area contributed by atoms with Gasteiger partial charge in [-0.1, -0.05) is 29.3 Å². The van der Waals surface area contributed by atoms with Gasteiger partial charge in [-0.25, -0.2) is 0 Å². The Hall–Kier alpha value is -1.30. The average molecular weight is 319 g/mol. The number of carbonyl (C=O) groups is 2. The van der Waals surface area contributed by atoms with E-state index in [0.29, 0.717) is 23.0 Å². The lowest BCUT2D eigenvalue weighted by atomic mass is 10.1. The third-order valence-corrected chi connectivity index (χ3v) is 3.30. The number of rotatable bonds is 7. The molecule has 0 aliphatic carbocycles. The summed E-state index contributed by atoms with van der Waals surface area (Å²) in [5.41, 5.74) is 6.45. The molecule has 0 bridgehead atoms. The topological polar surface area (TPSA) is 92.4 Å². The summed E-state index contributed by atoms with van der Waals surface area (Å²) in [4.78, 5) is 22.0. The Labute approximate surface area is 127 Å². The van der Waals surface area contributed by atoms with Crippen molar-refractivity contribution in [1.29, 1.82) is 0 Å². The maximum atomic E-state index is 11.6. The molecule has 0 saturated carbocycles. The molecule has 0 fully saturated rings. The molecular formula is C13H16Cl2N2O3. The van der Waals surface area contributed by atoms with E-state index in [1.807, 2.05) is 0 Å². The number of hydrogen-bond donors (Lipinski definition) is 3. The second-order valence-electron chi connectivity index (χ2n) is 4.32. The van der Waals surface area contributed by atoms with Gasteiger partial charge < -0.3 is 16.2 Å². The fourth-order valence-electron chi connectivity index (χ4n) is 1.59. The zero-order chi connectivity index (χ0) is 15.1. The van der Waals surface area contributed by atoms with Crippen molar-refractivity contribution in [2.75, 3.05) is 6.54 Å². The van der Waals surface area contributed by atoms with Crippen LogP contribution in [0, 0.1) is 0 Å². The molecule has 0 saturated heterocycles. The third kappa shape index (κ3) is 5.77. The lowest BCUT2D eigenvalue weighted by Gasteiger charge is -2.11. The van der Waals surface area contributed by atoms with E-state index in [4.69, 9.17) is 34.0 Å². The quantitative estimate of drug-likeness (QED) is 0.715. The maximum Gasteiger partial charge on any atom is 0.303 e. The molecule has 7 heteroatoms. The zero-order valence-corrected chi connectivity index (χ0v) is 12.2. The van der Waals surface area contributed by atoms with Gasteiger partial charge in [-0.2, -0.15) is 0 Å². The number of benzene rings is 1. The number of carboxylic acid groups (broad SMARTS) is 1. The van der Waals surface area contributed by atoms with Crippen molar-refractivity contribution >= 4 is 35.1 Å². The number of nitrogens with one attached hydrogen (secondary N) is 1. The fraction of sp³-hybridized carbons (Fsp3) is 0.385. The summed E-state index contributed by atoms with van der Waals surface area (Å²) in [6.07, 6.45) is 0.536. The summed E-state index contributed by atoms with van der Waals surface area (Å²) in [6, 6.07) is 4.34. The van der Waals surface area contributed by atoms with Crippen LogP contribution in [0.2, 0.25) is 10.0 Å². The molecule has 1 unspecified atom stereocenters. The number of halogens is 2. The van der Waals surface area contributed by atoms with E-state index < -0.39 is 12.0 Å². The minimum atomic E-state index is -0.971. The average Bonchev–Trinajstić information content (AvgIpc) is 2.38. The van der Waals surface area contributed by atoms with Gasteiger partial charge in [0.15, 0.2) is 0 Å². The standard InChI is InChI=1S/C13H16Cl2N2O3/c14-9-2-1-8(10(15)7-9)5-6-17-13(20)11(16)3-4-12(18)19/h1-2,7,11H,3-6,16H2,(H,17,20)(H,18,19). The maximum absolute atomic E-state index is 11.6. The fourth-order valence-corrected chi connectivity index (χ4v) is 2.09. The Morgan fingerprint density at radius 2 is 2.05 bits per heavy atom. The van der Waals surface area contributed by atoms with Crippen molar-refractivity contribution in [2.45, 2.75) is 25.3 Å². The Bertz CT molecular complexity index is 495. The Morgan fingerprint density at radius 1 is 1.35 bits per heavy atom. The first-order chi connectivity index (χ1) is 9.40. The highest BCUT2D eigenvalue weighted by molar-refractivity contribution is 6.35. The molecule has 20 heavy (non-hydrogen) atoms. The van der Waals surface area contributed by atoms with E-state index in [1.165, 1.54) is 0 Å². The van der Waals surface area contributed by atoms with E-state index >= 15 is 0 Å². The summed E-state index contributed by atoms with van der Waals surface area (Å²) in [5, 5.41) is 12.3. The summed E-state index contributed by atoms with van der Waals surface area (Å²) >= 11 is 11.8. The van der Waals surface area contributed by atoms with Crippen LogP contribution >= 0.6 is 23.2 Å². The van der Waals surface area contributed by atoms with E-state index in [9.17, 15) is 9.59 Å². The van der Waals surface area contributed by atoms with E-state index in [-0.39, 0.29) is 18.7 Å². The lowest BCUT2D eigenvalue weighted by molar-refractivity contribution is -0.137. The molecule has 4 N–H and O–H groups in total. The minimum absolute atomic E-state index is 0.114. The second kappa shape index (κ2) is 8.09. The second-order valence-corrected chi connectivity index (χ2v) is 5.16. The number of carbonyl (C=O) groups excluding carboxylic acids is 1. The predicted molar refractivity (Wildman–Crippen MR) is 78.0 cm³/mol. The van der Waals surface area contributed by atoms with Crippen molar-refractivity contribution in [3.05, 3.63) is 33.8 Å². The normalized spacial score (nSPS) is 11.9. The molecule has 0 heterocycles. The first kappa shape index (κ1) is 16.8. The molecule has 1 aromatic carbocycles. The van der Waals surface area contributed by atoms with Crippen molar-refractivity contribution in [1.82, 2.24) is 5.32 Å². The van der Waals surface area contributed by atoms with Gasteiger partial charge in [0.1, 0.15) is 0 Å². The SMILES string of the molecule is NC(CCC(=O)O)C(=O)NCCc1ccc(Cl)cc1Cl. The molecule has 0 aromatic heterocycles. The molecule has 0 radical (unpaired) electrons. The molecule has 1 aromatic rings. The zero-order valence-electron chi connectivity index (χ0n) is 10.7. The van der Waals surface area contributed by atoms with Gasteiger partial charge in [0.05, 0.1) is 6.04 Å². The van der Waals surface area contributed by atoms with Gasteiger partial charge in [0, 0.05) is 23.0 Å². The smallest absolute Gasteiger partial charge is 0.303 e. The van der Waals surface area contributed by atoms with Crippen LogP contribution in [0.3, 0.4) is 0 Å². The molecule has 1 amide bonds. The van der Waals surface area contributed by atoms with Crippen LogP contribution in [0.1, 0.15) is 18.4 Å². The summed E-state index contributed by atoms with van der Waals surface area (Å²) in [7, 11) is 0. The predicted octanol–water partition coefficient (Wildman–Crippen LogP) is 1.84. The molecule has 0 aliphatic heterocycles. The van der Waals surface area contributed by atoms with Crippen LogP contribution in [0.15, 0.2) is 18.2 Å². The van der Waals surface area contributed by atoms with Crippen LogP contribution in [0.4, 0.5) is 0 Å². The first-order valence-corrected chi connectivity index (χ1v) is 6.84. The molecule has 1 atom stereocenters. The van der Waals surface area contributed by atoms with Crippen LogP contribution in [0.5, 0.6) is 0 Å². The highest BCUT2D eigenvalue weighted by Crippen LogP contribution is 2.20.